The third kappa shape index (κ3) is 4.64. The summed E-state index contributed by atoms with van der Waals surface area (Å²) in [4.78, 5) is 2.44. The van der Waals surface area contributed by atoms with Gasteiger partial charge in [-0.1, -0.05) is 12.1 Å². The van der Waals surface area contributed by atoms with E-state index in [4.69, 9.17) is 4.74 Å². The van der Waals surface area contributed by atoms with Crippen molar-refractivity contribution in [3.05, 3.63) is 40.9 Å². The van der Waals surface area contributed by atoms with E-state index in [0.717, 1.165) is 36.4 Å². The summed E-state index contributed by atoms with van der Waals surface area (Å²) in [6.07, 6.45) is 2.01. The summed E-state index contributed by atoms with van der Waals surface area (Å²) in [7, 11) is 1.68. The van der Waals surface area contributed by atoms with Crippen molar-refractivity contribution in [1.82, 2.24) is 10.2 Å². The number of piperazine rings is 1. The molecule has 0 unspecified atom stereocenters. The molecule has 1 aromatic carbocycles. The zero-order valence-corrected chi connectivity index (χ0v) is 14.7. The van der Waals surface area contributed by atoms with E-state index >= 15 is 0 Å². The number of rotatable bonds is 4. The van der Waals surface area contributed by atoms with Crippen molar-refractivity contribution < 1.29 is 4.74 Å². The smallest absolute Gasteiger partial charge is 0.133 e. The first-order chi connectivity index (χ1) is 8.76. The lowest BCUT2D eigenvalue weighted by Crippen LogP contribution is -2.44. The molecule has 0 saturated carbocycles. The quantitative estimate of drug-likeness (QED) is 0.806. The van der Waals surface area contributed by atoms with E-state index in [1.165, 1.54) is 5.56 Å². The zero-order chi connectivity index (χ0) is 13.0. The molecule has 1 fully saturated rings. The van der Waals surface area contributed by atoms with E-state index < -0.39 is 0 Å². The molecule has 0 aromatic heterocycles. The molecule has 0 amide bonds. The van der Waals surface area contributed by atoms with Crippen LogP contribution in [0.1, 0.15) is 11.6 Å². The molecule has 114 valence electrons. The summed E-state index contributed by atoms with van der Waals surface area (Å²) >= 11 is 3.54. The Hall–Kier alpha value is -0.260. The molecule has 3 nitrogen and oxygen atoms in total. The van der Waals surface area contributed by atoms with Crippen LogP contribution in [-0.4, -0.2) is 38.2 Å². The number of nitrogens with one attached hydrogen (secondary N) is 1. The molecule has 0 bridgehead atoms. The number of hydrogen-bond acceptors (Lipinski definition) is 3. The van der Waals surface area contributed by atoms with E-state index in [0.29, 0.717) is 0 Å². The minimum absolute atomic E-state index is 0. The maximum atomic E-state index is 5.26. The average Bonchev–Trinajstić information content (AvgIpc) is 2.41. The minimum Gasteiger partial charge on any atom is -0.496 e. The third-order valence-electron chi connectivity index (χ3n) is 3.29. The van der Waals surface area contributed by atoms with E-state index in [2.05, 4.69) is 44.9 Å². The topological polar surface area (TPSA) is 24.5 Å². The van der Waals surface area contributed by atoms with Gasteiger partial charge in [-0.25, -0.2) is 0 Å². The average molecular weight is 384 g/mol. The van der Waals surface area contributed by atoms with Gasteiger partial charge in [-0.15, -0.1) is 31.4 Å². The summed E-state index contributed by atoms with van der Waals surface area (Å²) in [6.45, 7) is 8.17. The lowest BCUT2D eigenvalue weighted by molar-refractivity contribution is 0.203. The van der Waals surface area contributed by atoms with Crippen molar-refractivity contribution in [2.24, 2.45) is 0 Å². The Morgan fingerprint density at radius 1 is 1.35 bits per heavy atom. The molecule has 6 heteroatoms. The maximum Gasteiger partial charge on any atom is 0.133 e. The Morgan fingerprint density at radius 2 is 2.00 bits per heavy atom. The van der Waals surface area contributed by atoms with Crippen LogP contribution in [0.25, 0.3) is 0 Å². The molecular weight excluding hydrogens is 363 g/mol. The first-order valence-electron chi connectivity index (χ1n) is 6.17. The van der Waals surface area contributed by atoms with Crippen LogP contribution in [0.15, 0.2) is 35.3 Å². The molecule has 1 aliphatic rings. The molecule has 0 radical (unpaired) electrons. The fourth-order valence-corrected chi connectivity index (χ4v) is 2.88. The Labute approximate surface area is 141 Å². The second kappa shape index (κ2) is 9.64. The summed E-state index contributed by atoms with van der Waals surface area (Å²) in [5, 5.41) is 3.37. The summed E-state index contributed by atoms with van der Waals surface area (Å²) < 4.78 is 6.25. The first kappa shape index (κ1) is 19.7. The standard InChI is InChI=1S/C14H19BrN2O.2ClH/c1-3-13(17-8-6-16-7-9-17)11-4-5-14(18-2)12(15)10-11;;/h3-5,10,13,16H,1,6-9H2,2H3;2*1H/t13-;;/m0../s1. The number of ether oxygens (including phenoxy) is 1. The van der Waals surface area contributed by atoms with Gasteiger partial charge in [0.05, 0.1) is 17.6 Å². The molecule has 1 N–H and O–H groups in total. The van der Waals surface area contributed by atoms with E-state index in [9.17, 15) is 0 Å². The Kier molecular flexibility index (Phi) is 9.51. The molecule has 20 heavy (non-hydrogen) atoms. The van der Waals surface area contributed by atoms with E-state index in [1.54, 1.807) is 7.11 Å². The highest BCUT2D eigenvalue weighted by Crippen LogP contribution is 2.30. The second-order valence-electron chi connectivity index (χ2n) is 4.36. The lowest BCUT2D eigenvalue weighted by atomic mass is 10.0. The van der Waals surface area contributed by atoms with Gasteiger partial charge in [0.2, 0.25) is 0 Å². The Morgan fingerprint density at radius 3 is 2.50 bits per heavy atom. The SMILES string of the molecule is C=C[C@@H](c1ccc(OC)c(Br)c1)N1CCNCC1.Cl.Cl. The van der Waals surface area contributed by atoms with Gasteiger partial charge in [-0.3, -0.25) is 4.90 Å². The lowest BCUT2D eigenvalue weighted by Gasteiger charge is -2.33. The van der Waals surface area contributed by atoms with E-state index in [-0.39, 0.29) is 30.9 Å². The molecule has 1 aliphatic heterocycles. The van der Waals surface area contributed by atoms with Crippen LogP contribution in [0, 0.1) is 0 Å². The molecule has 1 heterocycles. The van der Waals surface area contributed by atoms with Crippen molar-refractivity contribution >= 4 is 40.7 Å². The summed E-state index contributed by atoms with van der Waals surface area (Å²) in [5.41, 5.74) is 1.25. The number of benzene rings is 1. The largest absolute Gasteiger partial charge is 0.496 e. The van der Waals surface area contributed by atoms with Crippen molar-refractivity contribution in [1.29, 1.82) is 0 Å². The summed E-state index contributed by atoms with van der Waals surface area (Å²) in [6, 6.07) is 6.50. The number of nitrogens with zero attached hydrogens (tertiary/aromatic N) is 1. The highest BCUT2D eigenvalue weighted by atomic mass is 79.9. The third-order valence-corrected chi connectivity index (χ3v) is 3.91. The predicted octanol–water partition coefficient (Wildman–Crippen LogP) is 3.43. The van der Waals surface area contributed by atoms with Crippen LogP contribution in [0.4, 0.5) is 0 Å². The van der Waals surface area contributed by atoms with Gasteiger partial charge in [0, 0.05) is 26.2 Å². The molecular formula is C14H21BrCl2N2O. The van der Waals surface area contributed by atoms with Gasteiger partial charge < -0.3 is 10.1 Å². The van der Waals surface area contributed by atoms with E-state index in [1.807, 2.05) is 12.1 Å². The van der Waals surface area contributed by atoms with Crippen LogP contribution < -0.4 is 10.1 Å². The monoisotopic (exact) mass is 382 g/mol. The highest BCUT2D eigenvalue weighted by molar-refractivity contribution is 9.10. The molecule has 1 aromatic rings. The fraction of sp³-hybridized carbons (Fsp3) is 0.429. The van der Waals surface area contributed by atoms with Crippen molar-refractivity contribution in [2.45, 2.75) is 6.04 Å². The van der Waals surface area contributed by atoms with Crippen molar-refractivity contribution in [2.75, 3.05) is 33.3 Å². The second-order valence-corrected chi connectivity index (χ2v) is 5.21. The highest BCUT2D eigenvalue weighted by Gasteiger charge is 2.19. The van der Waals surface area contributed by atoms with Gasteiger partial charge in [0.25, 0.3) is 0 Å². The number of hydrogen-bond donors (Lipinski definition) is 1. The molecule has 0 spiro atoms. The molecule has 0 aliphatic carbocycles. The Bertz CT molecular complexity index is 426. The minimum atomic E-state index is 0. The van der Waals surface area contributed by atoms with Crippen LogP contribution in [0.3, 0.4) is 0 Å². The normalized spacial score (nSPS) is 16.5. The predicted molar refractivity (Wildman–Crippen MR) is 92.6 cm³/mol. The fourth-order valence-electron chi connectivity index (χ4n) is 2.32. The van der Waals surface area contributed by atoms with Crippen LogP contribution in [0.5, 0.6) is 5.75 Å². The maximum absolute atomic E-state index is 5.26. The molecule has 1 atom stereocenters. The van der Waals surface area contributed by atoms with Crippen LogP contribution in [0.2, 0.25) is 0 Å². The van der Waals surface area contributed by atoms with Crippen LogP contribution >= 0.6 is 40.7 Å². The number of methoxy groups -OCH3 is 1. The number of halogens is 3. The van der Waals surface area contributed by atoms with Crippen molar-refractivity contribution in [3.63, 3.8) is 0 Å². The van der Waals surface area contributed by atoms with Crippen molar-refractivity contribution in [3.8, 4) is 5.75 Å². The zero-order valence-electron chi connectivity index (χ0n) is 11.5. The Balaban J connectivity index is 0.00000180. The molecule has 2 rings (SSSR count). The van der Waals surface area contributed by atoms with Gasteiger partial charge in [0.15, 0.2) is 0 Å². The first-order valence-corrected chi connectivity index (χ1v) is 6.96. The van der Waals surface area contributed by atoms with Crippen LogP contribution in [-0.2, 0) is 0 Å². The molecule has 1 saturated heterocycles. The van der Waals surface area contributed by atoms with Gasteiger partial charge in [-0.2, -0.15) is 0 Å². The van der Waals surface area contributed by atoms with Gasteiger partial charge >= 0.3 is 0 Å². The summed E-state index contributed by atoms with van der Waals surface area (Å²) in [5.74, 6) is 0.863. The van der Waals surface area contributed by atoms with Gasteiger partial charge in [0.1, 0.15) is 5.75 Å². The van der Waals surface area contributed by atoms with Gasteiger partial charge in [-0.05, 0) is 33.6 Å².